The van der Waals surface area contributed by atoms with E-state index in [-0.39, 0.29) is 18.0 Å². The van der Waals surface area contributed by atoms with Crippen molar-refractivity contribution in [1.29, 1.82) is 0 Å². The second-order valence-corrected chi connectivity index (χ2v) is 7.18. The van der Waals surface area contributed by atoms with Gasteiger partial charge in [0.25, 0.3) is 0 Å². The molecule has 0 unspecified atom stereocenters. The van der Waals surface area contributed by atoms with Crippen LogP contribution in [0.5, 0.6) is 0 Å². The van der Waals surface area contributed by atoms with Crippen molar-refractivity contribution in [2.75, 3.05) is 0 Å². The number of nitrogens with one attached hydrogen (secondary N) is 1. The van der Waals surface area contributed by atoms with Gasteiger partial charge < -0.3 is 5.73 Å². The molecule has 2 aromatic rings. The number of benzene rings is 1. The van der Waals surface area contributed by atoms with Crippen molar-refractivity contribution in [3.05, 3.63) is 57.8 Å². The molecule has 0 radical (unpaired) electrons. The van der Waals surface area contributed by atoms with Crippen LogP contribution in [0.3, 0.4) is 0 Å². The van der Waals surface area contributed by atoms with Crippen LogP contribution in [0.25, 0.3) is 0 Å². The number of rotatable bonds is 5. The topological polar surface area (TPSA) is 85.1 Å². The molecule has 5 nitrogen and oxygen atoms in total. The first kappa shape index (κ1) is 16.1. The summed E-state index contributed by atoms with van der Waals surface area (Å²) in [6, 6.07) is 7.01. The molecule has 0 amide bonds. The van der Waals surface area contributed by atoms with E-state index in [4.69, 9.17) is 5.73 Å². The van der Waals surface area contributed by atoms with Crippen molar-refractivity contribution in [2.24, 2.45) is 5.73 Å². The van der Waals surface area contributed by atoms with Crippen LogP contribution < -0.4 is 10.5 Å². The third-order valence-electron chi connectivity index (χ3n) is 3.07. The van der Waals surface area contributed by atoms with Crippen LogP contribution in [0.2, 0.25) is 0 Å². The van der Waals surface area contributed by atoms with Gasteiger partial charge in [-0.15, -0.1) is 0 Å². The van der Waals surface area contributed by atoms with Crippen LogP contribution >= 0.6 is 15.9 Å². The molecule has 1 heterocycles. The summed E-state index contributed by atoms with van der Waals surface area (Å²) in [5, 5.41) is 0. The van der Waals surface area contributed by atoms with Gasteiger partial charge in [0, 0.05) is 30.0 Å². The lowest BCUT2D eigenvalue weighted by Gasteiger charge is -2.12. The first-order valence-corrected chi connectivity index (χ1v) is 8.59. The minimum Gasteiger partial charge on any atom is -0.326 e. The zero-order valence-electron chi connectivity index (χ0n) is 11.5. The largest absolute Gasteiger partial charge is 0.326 e. The Hall–Kier alpha value is -1.28. The normalized spacial score (nSPS) is 11.6. The number of pyridine rings is 1. The Balaban J connectivity index is 2.29. The molecule has 0 fully saturated rings. The maximum Gasteiger partial charge on any atom is 0.241 e. The molecule has 0 atom stereocenters. The van der Waals surface area contributed by atoms with Gasteiger partial charge in [-0.05, 0) is 41.8 Å². The van der Waals surface area contributed by atoms with Gasteiger partial charge in [0.05, 0.1) is 4.90 Å². The van der Waals surface area contributed by atoms with Crippen LogP contribution in [0.4, 0.5) is 0 Å². The minimum absolute atomic E-state index is 0.195. The Labute approximate surface area is 132 Å². The molecule has 112 valence electrons. The molecule has 0 aliphatic carbocycles. The Morgan fingerprint density at radius 1 is 1.33 bits per heavy atom. The number of nitrogens with two attached hydrogens (primary N) is 1. The average molecular weight is 370 g/mol. The van der Waals surface area contributed by atoms with E-state index in [9.17, 15) is 8.42 Å². The van der Waals surface area contributed by atoms with Crippen molar-refractivity contribution in [2.45, 2.75) is 24.9 Å². The molecule has 1 aromatic heterocycles. The summed E-state index contributed by atoms with van der Waals surface area (Å²) in [6.07, 6.45) is 3.27. The molecule has 0 bridgehead atoms. The first-order valence-electron chi connectivity index (χ1n) is 6.31. The third kappa shape index (κ3) is 3.88. The summed E-state index contributed by atoms with van der Waals surface area (Å²) in [4.78, 5) is 4.20. The van der Waals surface area contributed by atoms with Crippen LogP contribution in [0.15, 0.2) is 46.0 Å². The molecule has 0 saturated heterocycles. The zero-order valence-corrected chi connectivity index (χ0v) is 13.9. The summed E-state index contributed by atoms with van der Waals surface area (Å²) >= 11 is 3.37. The fraction of sp³-hybridized carbons (Fsp3) is 0.214. The van der Waals surface area contributed by atoms with Crippen molar-refractivity contribution in [3.8, 4) is 0 Å². The van der Waals surface area contributed by atoms with Crippen molar-refractivity contribution < 1.29 is 8.42 Å². The van der Waals surface area contributed by atoms with Crippen LogP contribution in [-0.2, 0) is 23.1 Å². The number of aromatic nitrogens is 1. The van der Waals surface area contributed by atoms with Gasteiger partial charge in [-0.1, -0.05) is 22.0 Å². The van der Waals surface area contributed by atoms with Gasteiger partial charge in [0.2, 0.25) is 10.0 Å². The second kappa shape index (κ2) is 6.65. The Kier molecular flexibility index (Phi) is 5.10. The third-order valence-corrected chi connectivity index (χ3v) is 5.42. The van der Waals surface area contributed by atoms with Gasteiger partial charge in [0.15, 0.2) is 0 Å². The van der Waals surface area contributed by atoms with Crippen LogP contribution in [0.1, 0.15) is 16.7 Å². The monoisotopic (exact) mass is 369 g/mol. The fourth-order valence-electron chi connectivity index (χ4n) is 1.86. The molecule has 1 aromatic carbocycles. The molecular weight excluding hydrogens is 354 g/mol. The molecule has 0 aliphatic heterocycles. The maximum absolute atomic E-state index is 12.5. The highest BCUT2D eigenvalue weighted by Gasteiger charge is 2.19. The Morgan fingerprint density at radius 2 is 2.10 bits per heavy atom. The molecule has 21 heavy (non-hydrogen) atoms. The van der Waals surface area contributed by atoms with Gasteiger partial charge in [0.1, 0.15) is 0 Å². The number of hydrogen-bond acceptors (Lipinski definition) is 4. The number of hydrogen-bond donors (Lipinski definition) is 2. The van der Waals surface area contributed by atoms with E-state index in [1.165, 1.54) is 0 Å². The number of sulfonamides is 1. The standard InChI is InChI=1S/C14H16BrN3O2S/c1-10-13(15)5-12(7-16)6-14(10)21(19,20)18-9-11-3-2-4-17-8-11/h2-6,8,18H,7,9,16H2,1H3. The summed E-state index contributed by atoms with van der Waals surface area (Å²) in [7, 11) is -3.61. The number of halogens is 1. The van der Waals surface area contributed by atoms with Crippen molar-refractivity contribution in [1.82, 2.24) is 9.71 Å². The predicted octanol–water partition coefficient (Wildman–Crippen LogP) is 2.09. The smallest absolute Gasteiger partial charge is 0.241 e. The van der Waals surface area contributed by atoms with Gasteiger partial charge in [-0.25, -0.2) is 13.1 Å². The van der Waals surface area contributed by atoms with Gasteiger partial charge in [-0.2, -0.15) is 0 Å². The summed E-state index contributed by atoms with van der Waals surface area (Å²) < 4.78 is 28.2. The van der Waals surface area contributed by atoms with Crippen LogP contribution in [-0.4, -0.2) is 13.4 Å². The van der Waals surface area contributed by atoms with E-state index in [1.54, 1.807) is 31.5 Å². The van der Waals surface area contributed by atoms with E-state index in [2.05, 4.69) is 25.6 Å². The van der Waals surface area contributed by atoms with E-state index >= 15 is 0 Å². The lowest BCUT2D eigenvalue weighted by molar-refractivity contribution is 0.580. The zero-order chi connectivity index (χ0) is 15.5. The molecular formula is C14H16BrN3O2S. The maximum atomic E-state index is 12.5. The highest BCUT2D eigenvalue weighted by atomic mass is 79.9. The Bertz CT molecular complexity index is 733. The SMILES string of the molecule is Cc1c(Br)cc(CN)cc1S(=O)(=O)NCc1cccnc1. The van der Waals surface area contributed by atoms with E-state index in [1.807, 2.05) is 12.1 Å². The van der Waals surface area contributed by atoms with E-state index in [0.717, 1.165) is 15.6 Å². The second-order valence-electron chi connectivity index (χ2n) is 4.59. The van der Waals surface area contributed by atoms with Crippen molar-refractivity contribution in [3.63, 3.8) is 0 Å². The highest BCUT2D eigenvalue weighted by Crippen LogP contribution is 2.25. The summed E-state index contributed by atoms with van der Waals surface area (Å²) in [5.41, 5.74) is 7.82. The number of nitrogens with zero attached hydrogens (tertiary/aromatic N) is 1. The summed E-state index contributed by atoms with van der Waals surface area (Å²) in [5.74, 6) is 0. The van der Waals surface area contributed by atoms with Gasteiger partial charge in [-0.3, -0.25) is 4.98 Å². The Morgan fingerprint density at radius 3 is 2.71 bits per heavy atom. The minimum atomic E-state index is -3.61. The lowest BCUT2D eigenvalue weighted by Crippen LogP contribution is -2.24. The first-order chi connectivity index (χ1) is 9.94. The molecule has 0 spiro atoms. The van der Waals surface area contributed by atoms with Crippen molar-refractivity contribution >= 4 is 26.0 Å². The average Bonchev–Trinajstić information content (AvgIpc) is 2.48. The molecule has 3 N–H and O–H groups in total. The lowest BCUT2D eigenvalue weighted by atomic mass is 10.1. The molecule has 2 rings (SSSR count). The molecule has 0 saturated carbocycles. The van der Waals surface area contributed by atoms with E-state index in [0.29, 0.717) is 5.56 Å². The fourth-order valence-corrected chi connectivity index (χ4v) is 3.83. The molecule has 0 aliphatic rings. The van der Waals surface area contributed by atoms with Gasteiger partial charge >= 0.3 is 0 Å². The summed E-state index contributed by atoms with van der Waals surface area (Å²) in [6.45, 7) is 2.23. The van der Waals surface area contributed by atoms with Crippen LogP contribution in [0, 0.1) is 6.92 Å². The molecule has 7 heteroatoms. The van der Waals surface area contributed by atoms with E-state index < -0.39 is 10.0 Å². The highest BCUT2D eigenvalue weighted by molar-refractivity contribution is 9.10. The quantitative estimate of drug-likeness (QED) is 0.844. The predicted molar refractivity (Wildman–Crippen MR) is 85.0 cm³/mol.